The molecule has 0 radical (unpaired) electrons. The first-order valence-electron chi connectivity index (χ1n) is 8.47. The smallest absolute Gasteiger partial charge is 0.228 e. The van der Waals surface area contributed by atoms with Crippen molar-refractivity contribution < 1.29 is 4.74 Å². The lowest BCUT2D eigenvalue weighted by Gasteiger charge is -2.19. The monoisotopic (exact) mass is 332 g/mol. The zero-order chi connectivity index (χ0) is 17.4. The summed E-state index contributed by atoms with van der Waals surface area (Å²) in [4.78, 5) is 15.8. The molecule has 1 aromatic rings. The van der Waals surface area contributed by atoms with Crippen molar-refractivity contribution in [2.45, 2.75) is 33.1 Å². The predicted octanol–water partition coefficient (Wildman–Crippen LogP) is 1.47. The first-order chi connectivity index (χ1) is 11.7. The van der Waals surface area contributed by atoms with Gasteiger partial charge in [-0.25, -0.2) is 9.97 Å². The number of rotatable bonds is 8. The van der Waals surface area contributed by atoms with Crippen molar-refractivity contribution in [1.82, 2.24) is 15.3 Å². The van der Waals surface area contributed by atoms with E-state index in [0.29, 0.717) is 26.0 Å². The number of hydrogen-bond donors (Lipinski definition) is 2. The van der Waals surface area contributed by atoms with E-state index < -0.39 is 0 Å². The first-order valence-corrected chi connectivity index (χ1v) is 8.47. The van der Waals surface area contributed by atoms with Crippen LogP contribution >= 0.6 is 0 Å². The van der Waals surface area contributed by atoms with Crippen molar-refractivity contribution in [3.8, 4) is 0 Å². The highest BCUT2D eigenvalue weighted by Crippen LogP contribution is 2.24. The Balaban J connectivity index is 2.49. The number of aromatic nitrogens is 2. The highest BCUT2D eigenvalue weighted by Gasteiger charge is 2.20. The summed E-state index contributed by atoms with van der Waals surface area (Å²) in [6.45, 7) is 6.66. The van der Waals surface area contributed by atoms with E-state index in [1.807, 2.05) is 19.3 Å². The quantitative estimate of drug-likeness (QED) is 0.553. The van der Waals surface area contributed by atoms with Gasteiger partial charge in [0.25, 0.3) is 0 Å². The maximum atomic E-state index is 5.57. The molecule has 0 spiro atoms. The zero-order valence-electron chi connectivity index (χ0n) is 14.9. The minimum Gasteiger partial charge on any atom is -0.378 e. The fourth-order valence-corrected chi connectivity index (χ4v) is 2.66. The van der Waals surface area contributed by atoms with Crippen molar-refractivity contribution in [3.63, 3.8) is 0 Å². The van der Waals surface area contributed by atoms with Gasteiger partial charge in [-0.15, -0.1) is 0 Å². The van der Waals surface area contributed by atoms with Crippen LogP contribution in [0.5, 0.6) is 0 Å². The summed E-state index contributed by atoms with van der Waals surface area (Å²) in [5, 5.41) is 3.05. The molecule has 0 aromatic carbocycles. The van der Waals surface area contributed by atoms with Gasteiger partial charge in [-0.05, 0) is 25.3 Å². The Bertz CT molecular complexity index is 593. The molecule has 0 bridgehead atoms. The van der Waals surface area contributed by atoms with E-state index in [9.17, 15) is 0 Å². The molecule has 132 valence electrons. The third kappa shape index (κ3) is 4.52. The van der Waals surface area contributed by atoms with Crippen molar-refractivity contribution in [1.29, 1.82) is 0 Å². The van der Waals surface area contributed by atoms with Crippen LogP contribution in [0.15, 0.2) is 11.2 Å². The van der Waals surface area contributed by atoms with Crippen LogP contribution in [0.1, 0.15) is 36.7 Å². The number of ether oxygens (including phenoxy) is 1. The third-order valence-corrected chi connectivity index (χ3v) is 3.93. The topological polar surface area (TPSA) is 88.7 Å². The van der Waals surface area contributed by atoms with E-state index in [2.05, 4.69) is 22.1 Å². The average molecular weight is 332 g/mol. The average Bonchev–Trinajstić information content (AvgIpc) is 3.11. The number of unbranched alkanes of at least 4 members (excludes halogenated alkanes) is 1. The Hall–Kier alpha value is -1.99. The van der Waals surface area contributed by atoms with Crippen LogP contribution in [0.4, 0.5) is 5.95 Å². The van der Waals surface area contributed by atoms with Gasteiger partial charge in [0.15, 0.2) is 0 Å². The summed E-state index contributed by atoms with van der Waals surface area (Å²) in [5.41, 5.74) is 9.59. The van der Waals surface area contributed by atoms with Crippen molar-refractivity contribution in [2.24, 2.45) is 10.7 Å². The van der Waals surface area contributed by atoms with Crippen molar-refractivity contribution in [3.05, 3.63) is 23.2 Å². The van der Waals surface area contributed by atoms with Crippen LogP contribution in [0.25, 0.3) is 5.57 Å². The minimum absolute atomic E-state index is 0.363. The lowest BCUT2D eigenvalue weighted by Crippen LogP contribution is -2.23. The molecule has 3 N–H and O–H groups in total. The second kappa shape index (κ2) is 9.34. The molecule has 0 aliphatic carbocycles. The third-order valence-electron chi connectivity index (χ3n) is 3.93. The van der Waals surface area contributed by atoms with Gasteiger partial charge in [0.05, 0.1) is 19.0 Å². The lowest BCUT2D eigenvalue weighted by molar-refractivity contribution is 0.200. The van der Waals surface area contributed by atoms with Gasteiger partial charge >= 0.3 is 0 Å². The van der Waals surface area contributed by atoms with Gasteiger partial charge in [-0.1, -0.05) is 13.3 Å². The van der Waals surface area contributed by atoms with Crippen LogP contribution in [0.2, 0.25) is 0 Å². The van der Waals surface area contributed by atoms with Crippen LogP contribution in [-0.4, -0.2) is 49.8 Å². The predicted molar refractivity (Wildman–Crippen MR) is 98.1 cm³/mol. The normalized spacial score (nSPS) is 15.5. The lowest BCUT2D eigenvalue weighted by atomic mass is 10.0. The fourth-order valence-electron chi connectivity index (χ4n) is 2.66. The molecule has 0 atom stereocenters. The number of nitrogens with zero attached hydrogens (tertiary/aromatic N) is 4. The van der Waals surface area contributed by atoms with E-state index in [1.165, 1.54) is 5.56 Å². The maximum Gasteiger partial charge on any atom is 0.228 e. The van der Waals surface area contributed by atoms with E-state index in [0.717, 1.165) is 42.8 Å². The molecule has 1 aliphatic heterocycles. The van der Waals surface area contributed by atoms with Gasteiger partial charge in [0, 0.05) is 37.3 Å². The Morgan fingerprint density at radius 2 is 2.29 bits per heavy atom. The van der Waals surface area contributed by atoms with Crippen molar-refractivity contribution >= 4 is 17.7 Å². The van der Waals surface area contributed by atoms with E-state index in [-0.39, 0.29) is 0 Å². The molecule has 2 heterocycles. The summed E-state index contributed by atoms with van der Waals surface area (Å²) in [5.74, 6) is 0.711. The Kier molecular flexibility index (Phi) is 7.14. The molecule has 24 heavy (non-hydrogen) atoms. The molecule has 1 fully saturated rings. The Morgan fingerprint density at radius 3 is 2.92 bits per heavy atom. The van der Waals surface area contributed by atoms with Gasteiger partial charge in [-0.3, -0.25) is 4.99 Å². The number of anilines is 1. The largest absolute Gasteiger partial charge is 0.378 e. The molecule has 1 aromatic heterocycles. The standard InChI is InChI=1S/C17H28N6O/c1-4-5-6-15-13(2)21-17(23-7-8-24-12-23)22-16(15)14(9-19-3)10-20-11-18/h9-10,20H,4-8,11-12,18H2,1-3H3. The van der Waals surface area contributed by atoms with Gasteiger partial charge in [0.2, 0.25) is 5.95 Å². The highest BCUT2D eigenvalue weighted by molar-refractivity contribution is 6.09. The summed E-state index contributed by atoms with van der Waals surface area (Å²) >= 11 is 0. The zero-order valence-corrected chi connectivity index (χ0v) is 14.9. The molecular weight excluding hydrogens is 304 g/mol. The number of aryl methyl sites for hydroxylation is 1. The molecule has 7 heteroatoms. The summed E-state index contributed by atoms with van der Waals surface area (Å²) < 4.78 is 5.44. The molecule has 0 saturated carbocycles. The van der Waals surface area contributed by atoms with Gasteiger partial charge < -0.3 is 20.7 Å². The van der Waals surface area contributed by atoms with Gasteiger partial charge in [0.1, 0.15) is 6.73 Å². The minimum atomic E-state index is 0.363. The second-order valence-corrected chi connectivity index (χ2v) is 5.74. The van der Waals surface area contributed by atoms with E-state index >= 15 is 0 Å². The molecule has 0 unspecified atom stereocenters. The summed E-state index contributed by atoms with van der Waals surface area (Å²) in [7, 11) is 1.76. The molecular formula is C17H28N6O. The molecule has 2 rings (SSSR count). The SMILES string of the molecule is CCCCc1c(C)nc(N2CCOC2)nc1C(C=NC)=CNCN. The molecule has 7 nitrogen and oxygen atoms in total. The first kappa shape index (κ1) is 18.4. The number of hydrogen-bond acceptors (Lipinski definition) is 7. The highest BCUT2D eigenvalue weighted by atomic mass is 16.5. The molecule has 1 saturated heterocycles. The summed E-state index contributed by atoms with van der Waals surface area (Å²) in [6, 6.07) is 0. The molecule has 0 amide bonds. The van der Waals surface area contributed by atoms with E-state index in [1.54, 1.807) is 7.05 Å². The number of nitrogens with one attached hydrogen (secondary N) is 1. The van der Waals surface area contributed by atoms with Crippen LogP contribution in [-0.2, 0) is 11.2 Å². The number of aliphatic imine (C=N–C) groups is 1. The van der Waals surface area contributed by atoms with Crippen LogP contribution in [0, 0.1) is 6.92 Å². The summed E-state index contributed by atoms with van der Waals surface area (Å²) in [6.07, 6.45) is 6.86. The Labute approximate surface area is 144 Å². The number of allylic oxidation sites excluding steroid dienone is 1. The second-order valence-electron chi connectivity index (χ2n) is 5.74. The number of nitrogens with two attached hydrogens (primary N) is 1. The van der Waals surface area contributed by atoms with Crippen LogP contribution < -0.4 is 16.0 Å². The van der Waals surface area contributed by atoms with Crippen LogP contribution in [0.3, 0.4) is 0 Å². The van der Waals surface area contributed by atoms with E-state index in [4.69, 9.17) is 20.4 Å². The van der Waals surface area contributed by atoms with Crippen molar-refractivity contribution in [2.75, 3.05) is 38.5 Å². The van der Waals surface area contributed by atoms with Gasteiger partial charge in [-0.2, -0.15) is 0 Å². The maximum absolute atomic E-state index is 5.57. The Morgan fingerprint density at radius 1 is 1.46 bits per heavy atom. The molecule has 1 aliphatic rings. The fraction of sp³-hybridized carbons (Fsp3) is 0.588.